The summed E-state index contributed by atoms with van der Waals surface area (Å²) in [6.07, 6.45) is -4.78. The molecule has 1 fully saturated rings. The number of halogens is 5. The number of carboxylic acids is 1. The molecule has 0 saturated carbocycles. The molecule has 1 atom stereocenters. The van der Waals surface area contributed by atoms with Gasteiger partial charge < -0.3 is 24.2 Å². The molecule has 8 rings (SSSR count). The van der Waals surface area contributed by atoms with Gasteiger partial charge in [-0.2, -0.15) is 27.7 Å². The number of rotatable bonds is 15. The van der Waals surface area contributed by atoms with Gasteiger partial charge in [-0.25, -0.2) is 4.79 Å². The molecule has 4 aromatic carbocycles. The summed E-state index contributed by atoms with van der Waals surface area (Å²) in [7, 11) is 3.97. The number of piperazine rings is 1. The number of ether oxygens (including phenoxy) is 3. The Hall–Kier alpha value is -5.39. The number of carbonyl (C=O) groups is 1. The molecule has 3 aromatic heterocycles. The van der Waals surface area contributed by atoms with E-state index in [1.807, 2.05) is 56.4 Å². The number of hydrogen-bond donors (Lipinski definition) is 1. The van der Waals surface area contributed by atoms with Crippen LogP contribution in [0.4, 0.5) is 13.2 Å². The Morgan fingerprint density at radius 1 is 0.952 bits per heavy atom. The van der Waals surface area contributed by atoms with E-state index < -0.39 is 24.8 Å². The lowest BCUT2D eigenvalue weighted by Gasteiger charge is -2.32. The summed E-state index contributed by atoms with van der Waals surface area (Å²) in [5, 5.41) is 21.7. The van der Waals surface area contributed by atoms with Gasteiger partial charge in [-0.1, -0.05) is 47.5 Å². The van der Waals surface area contributed by atoms with Crippen molar-refractivity contribution in [1.82, 2.24) is 33.7 Å². The number of aryl methyl sites for hydroxylation is 1. The molecule has 0 unspecified atom stereocenters. The van der Waals surface area contributed by atoms with Crippen molar-refractivity contribution in [2.45, 2.75) is 38.8 Å². The van der Waals surface area contributed by atoms with Crippen LogP contribution in [-0.2, 0) is 31.4 Å². The number of nitrogens with zero attached hydrogens (tertiary/aromatic N) is 7. The molecule has 1 N–H and O–H groups in total. The number of carboxylic acid groups (broad SMARTS) is 1. The third-order valence-corrected chi connectivity index (χ3v) is 12.4. The van der Waals surface area contributed by atoms with Crippen LogP contribution in [0.1, 0.15) is 16.8 Å². The maximum Gasteiger partial charge on any atom is 0.408 e. The van der Waals surface area contributed by atoms with Gasteiger partial charge in [0.15, 0.2) is 0 Å². The molecule has 0 spiro atoms. The number of hydrogen-bond acceptors (Lipinski definition) is 10. The molecule has 1 saturated heterocycles. The average Bonchev–Trinajstić information content (AvgIpc) is 3.95. The molecule has 324 valence electrons. The van der Waals surface area contributed by atoms with Gasteiger partial charge in [0.05, 0.1) is 26.3 Å². The molecule has 62 heavy (non-hydrogen) atoms. The highest BCUT2D eigenvalue weighted by molar-refractivity contribution is 7.13. The fraction of sp³-hybridized carbons (Fsp3) is 0.318. The Morgan fingerprint density at radius 2 is 1.74 bits per heavy atom. The van der Waals surface area contributed by atoms with E-state index in [2.05, 4.69) is 26.3 Å². The first-order chi connectivity index (χ1) is 29.7. The average molecular weight is 909 g/mol. The minimum Gasteiger partial charge on any atom is -0.491 e. The Bertz CT molecular complexity index is 2750. The van der Waals surface area contributed by atoms with Gasteiger partial charge in [0.2, 0.25) is 12.0 Å². The zero-order chi connectivity index (χ0) is 43.7. The number of likely N-dealkylation sites (N-methyl/N-ethyl adjacent to an activating group) is 1. The number of para-hydroxylation sites is 1. The summed E-state index contributed by atoms with van der Waals surface area (Å²) >= 11 is 14.6. The first-order valence-electron chi connectivity index (χ1n) is 19.8. The maximum atomic E-state index is 13.1. The SMILES string of the molecule is Cc1c(-c2cc(-c3nn(C)c4cc(Cl)ccc34)cc3snc(O[C@H](Cc4ccccc4OCc4ccnn4CC(F)(F)F)C(=O)O)c23)ccc(OCCN2CCN(C)CC2)c1Cl. The van der Waals surface area contributed by atoms with E-state index in [9.17, 15) is 23.1 Å². The smallest absolute Gasteiger partial charge is 0.408 e. The lowest BCUT2D eigenvalue weighted by molar-refractivity contribution is -0.145. The number of aliphatic carboxylic acids is 1. The van der Waals surface area contributed by atoms with Gasteiger partial charge in [0.1, 0.15) is 37.0 Å². The Labute approximate surface area is 369 Å². The van der Waals surface area contributed by atoms with Gasteiger partial charge >= 0.3 is 12.1 Å². The third kappa shape index (κ3) is 9.49. The molecule has 4 heterocycles. The summed E-state index contributed by atoms with van der Waals surface area (Å²) < 4.78 is 65.9. The normalized spacial score (nSPS) is 14.5. The van der Waals surface area contributed by atoms with Crippen LogP contribution < -0.4 is 14.2 Å². The Kier molecular flexibility index (Phi) is 12.7. The molecule has 0 amide bonds. The largest absolute Gasteiger partial charge is 0.491 e. The van der Waals surface area contributed by atoms with Crippen molar-refractivity contribution in [3.8, 4) is 39.8 Å². The van der Waals surface area contributed by atoms with Crippen LogP contribution in [0.25, 0.3) is 43.4 Å². The fourth-order valence-electron chi connectivity index (χ4n) is 7.61. The summed E-state index contributed by atoms with van der Waals surface area (Å²) in [6.45, 7) is 5.62. The minimum atomic E-state index is -4.47. The minimum absolute atomic E-state index is 0.106. The molecule has 1 aliphatic rings. The van der Waals surface area contributed by atoms with Crippen molar-refractivity contribution >= 4 is 61.7 Å². The number of fused-ring (bicyclic) bond motifs is 2. The van der Waals surface area contributed by atoms with E-state index in [1.54, 1.807) is 28.9 Å². The van der Waals surface area contributed by atoms with Crippen molar-refractivity contribution in [3.63, 3.8) is 0 Å². The van der Waals surface area contributed by atoms with Crippen molar-refractivity contribution in [1.29, 1.82) is 0 Å². The van der Waals surface area contributed by atoms with Crippen LogP contribution in [0.2, 0.25) is 10.0 Å². The zero-order valence-corrected chi connectivity index (χ0v) is 36.3. The van der Waals surface area contributed by atoms with E-state index in [0.717, 1.165) is 76.5 Å². The standard InChI is InChI=1S/C44H42Cl2F3N7O5S/c1-26-31(10-11-36(40(26)46)59-19-18-55-16-14-53(2)15-17-55)33-20-28(41-32-9-8-29(45)23-34(32)54(3)51-41)22-38-39(33)42(52-62-38)61-37(43(57)58)21-27-6-4-5-7-35(27)60-24-30-12-13-50-56(30)25-44(47,48)49/h4-13,20,22-23,37H,14-19,21,24-25H2,1-3H3,(H,57,58)/t37-/m1/s1. The van der Waals surface area contributed by atoms with Gasteiger partial charge in [-0.15, -0.1) is 0 Å². The maximum absolute atomic E-state index is 13.1. The summed E-state index contributed by atoms with van der Waals surface area (Å²) in [4.78, 5) is 17.6. The fourth-order valence-corrected chi connectivity index (χ4v) is 8.78. The summed E-state index contributed by atoms with van der Waals surface area (Å²) in [6, 6.07) is 21.5. The van der Waals surface area contributed by atoms with Crippen LogP contribution in [-0.4, -0.2) is 103 Å². The summed E-state index contributed by atoms with van der Waals surface area (Å²) in [5.41, 5.74) is 5.22. The molecule has 0 bridgehead atoms. The highest BCUT2D eigenvalue weighted by atomic mass is 35.5. The van der Waals surface area contributed by atoms with Crippen LogP contribution in [0, 0.1) is 6.92 Å². The van der Waals surface area contributed by atoms with Crippen LogP contribution in [0.15, 0.2) is 79.0 Å². The second-order valence-corrected chi connectivity index (χ2v) is 16.8. The van der Waals surface area contributed by atoms with E-state index in [0.29, 0.717) is 49.3 Å². The second-order valence-electron chi connectivity index (χ2n) is 15.2. The topological polar surface area (TPSA) is 120 Å². The number of benzene rings is 4. The van der Waals surface area contributed by atoms with E-state index in [1.165, 1.54) is 12.3 Å². The predicted molar refractivity (Wildman–Crippen MR) is 234 cm³/mol. The lowest BCUT2D eigenvalue weighted by Crippen LogP contribution is -2.45. The highest BCUT2D eigenvalue weighted by Gasteiger charge is 2.30. The van der Waals surface area contributed by atoms with Crippen LogP contribution in [0.5, 0.6) is 17.4 Å². The Balaban J connectivity index is 1.13. The predicted octanol–water partition coefficient (Wildman–Crippen LogP) is 9.17. The lowest BCUT2D eigenvalue weighted by atomic mass is 9.94. The molecule has 12 nitrogen and oxygen atoms in total. The molecular weight excluding hydrogens is 866 g/mol. The van der Waals surface area contributed by atoms with Crippen molar-refractivity contribution in [2.75, 3.05) is 46.4 Å². The van der Waals surface area contributed by atoms with Gasteiger partial charge in [-0.05, 0) is 96.3 Å². The molecule has 7 aromatic rings. The first-order valence-corrected chi connectivity index (χ1v) is 21.3. The van der Waals surface area contributed by atoms with E-state index in [4.69, 9.17) is 42.5 Å². The van der Waals surface area contributed by atoms with Gasteiger partial charge in [-0.3, -0.25) is 14.3 Å². The van der Waals surface area contributed by atoms with Gasteiger partial charge in [0, 0.05) is 68.4 Å². The quantitative estimate of drug-likeness (QED) is 0.107. The number of aromatic nitrogens is 5. The van der Waals surface area contributed by atoms with Crippen LogP contribution >= 0.6 is 34.7 Å². The highest BCUT2D eigenvalue weighted by Crippen LogP contribution is 2.45. The number of alkyl halides is 3. The molecule has 18 heteroatoms. The molecule has 1 aliphatic heterocycles. The van der Waals surface area contributed by atoms with Crippen molar-refractivity contribution < 1.29 is 37.3 Å². The van der Waals surface area contributed by atoms with Crippen molar-refractivity contribution in [3.05, 3.63) is 106 Å². The van der Waals surface area contributed by atoms with E-state index in [-0.39, 0.29) is 30.4 Å². The van der Waals surface area contributed by atoms with Gasteiger partial charge in [0.25, 0.3) is 0 Å². The van der Waals surface area contributed by atoms with Crippen molar-refractivity contribution in [2.24, 2.45) is 7.05 Å². The first kappa shape index (κ1) is 43.3. The molecule has 0 aliphatic carbocycles. The zero-order valence-electron chi connectivity index (χ0n) is 34.0. The van der Waals surface area contributed by atoms with Crippen LogP contribution in [0.3, 0.4) is 0 Å². The Morgan fingerprint density at radius 3 is 2.52 bits per heavy atom. The second kappa shape index (κ2) is 18.1. The summed E-state index contributed by atoms with van der Waals surface area (Å²) in [5.74, 6) is -0.304. The molecule has 0 radical (unpaired) electrons. The van der Waals surface area contributed by atoms with E-state index >= 15 is 0 Å². The molecular formula is C44H42Cl2F3N7O5S. The third-order valence-electron chi connectivity index (χ3n) is 10.9. The monoisotopic (exact) mass is 907 g/mol.